The molecule has 2 aliphatic heterocycles. The highest BCUT2D eigenvalue weighted by molar-refractivity contribution is 8.00. The number of carboxylic acid groups (broad SMARTS) is 5. The topological polar surface area (TPSA) is 546 Å². The molecule has 4 aromatic rings. The summed E-state index contributed by atoms with van der Waals surface area (Å²) in [6.45, 7) is -1.72. The lowest BCUT2D eigenvalue weighted by Crippen LogP contribution is -2.58. The Hall–Kier alpha value is -12.0. The molecule has 7 rings (SSSR count). The molecule has 552 valence electrons. The van der Waals surface area contributed by atoms with Gasteiger partial charge in [-0.15, -0.1) is 11.8 Å². The number of carbonyl (C=O) groups is 14. The molecule has 4 aromatic carbocycles. The molecule has 3 aliphatic rings. The molecule has 1 fully saturated rings. The number of nitrogens with one attached hydrogen (secondary N) is 8. The molecule has 1 aliphatic carbocycles. The number of anilines is 1. The average Bonchev–Trinajstić information content (AvgIpc) is 0.841. The van der Waals surface area contributed by atoms with Crippen molar-refractivity contribution in [2.45, 2.75) is 112 Å². The van der Waals surface area contributed by atoms with Crippen molar-refractivity contribution in [3.63, 3.8) is 0 Å². The van der Waals surface area contributed by atoms with Crippen molar-refractivity contribution in [3.05, 3.63) is 142 Å². The summed E-state index contributed by atoms with van der Waals surface area (Å²) in [5, 5.41) is 85.3. The molecule has 1 saturated heterocycles. The number of benzene rings is 5. The second-order valence-electron chi connectivity index (χ2n) is 23.4. The summed E-state index contributed by atoms with van der Waals surface area (Å²) >= 11 is 0.559. The molecule has 0 aromatic heterocycles. The Morgan fingerprint density at radius 2 is 1.25 bits per heavy atom. The first-order chi connectivity index (χ1) is 49.4. The molecule has 0 saturated carbocycles. The first-order valence-corrected chi connectivity index (χ1v) is 32.7. The summed E-state index contributed by atoms with van der Waals surface area (Å²) in [4.78, 5) is 195. The highest BCUT2D eigenvalue weighted by Crippen LogP contribution is 2.44. The zero-order valence-corrected chi connectivity index (χ0v) is 55.4. The standard InChI is InChI=1S/C67H70F2N10O24S/c68-39-23-37-49(26-47(39)81)103-50-27-48(82)40(69)24-38(50)58(37)35-14-13-34(22-36(35)64(95)96)79-55(85)28-51(63(79)94)104-30-46(66(99)100)76-62(93)45(25-57(88)89)74-59(90)41(70)29-72-60(91)43(20-32-8-3-1-4-9-32)75-61(92)44(21-33-10-5-2-6-11-33)73-53(84)12-7-19-71-52(83)16-15-42(65(97)98)77-67(101)78-54(102-31-80)17-18-56(86)87/h1-6,8-11,13-14,22-24,26-27,41-46,51,54,80-81H,7,12,15-21,25,28-31,70H2,(H,71,83)(H,72,91)(H,73,84)(H,74,90)(H,75,92)(H,76,93)(H,86,87)(H,88,89)(H,95,96)(H,97,98)(H,99,100)(H2,77,78,101)/t41-,42-,43-,44-,45-,46-,51?,54+/m0/s1. The third-order valence-corrected chi connectivity index (χ3v) is 17.1. The van der Waals surface area contributed by atoms with Crippen molar-refractivity contribution in [2.24, 2.45) is 5.73 Å². The number of aliphatic hydroxyl groups is 1. The third-order valence-electron chi connectivity index (χ3n) is 15.8. The molecule has 34 nitrogen and oxygen atoms in total. The molecule has 1 unspecified atom stereocenters. The van der Waals surface area contributed by atoms with Gasteiger partial charge in [-0.2, -0.15) is 0 Å². The number of phenols is 1. The summed E-state index contributed by atoms with van der Waals surface area (Å²) in [5.41, 5.74) is 4.30. The van der Waals surface area contributed by atoms with E-state index >= 15 is 0 Å². The molecule has 8 atom stereocenters. The summed E-state index contributed by atoms with van der Waals surface area (Å²) in [6.07, 6.45) is -5.11. The lowest BCUT2D eigenvalue weighted by Gasteiger charge is -2.25. The van der Waals surface area contributed by atoms with E-state index in [1.165, 1.54) is 0 Å². The van der Waals surface area contributed by atoms with E-state index < -0.39 is 210 Å². The monoisotopic (exact) mass is 1470 g/mol. The fourth-order valence-electron chi connectivity index (χ4n) is 10.7. The molecule has 104 heavy (non-hydrogen) atoms. The number of rotatable bonds is 38. The number of nitrogens with two attached hydrogens (primary N) is 1. The van der Waals surface area contributed by atoms with Crippen LogP contribution in [-0.4, -0.2) is 192 Å². The van der Waals surface area contributed by atoms with Gasteiger partial charge in [0.2, 0.25) is 52.7 Å². The number of phenolic OH excluding ortho intramolecular Hbond substituents is 1. The number of hydrogen-bond acceptors (Lipinski definition) is 21. The summed E-state index contributed by atoms with van der Waals surface area (Å²) in [6, 6.07) is 11.7. The highest BCUT2D eigenvalue weighted by Gasteiger charge is 2.42. The van der Waals surface area contributed by atoms with Gasteiger partial charge in [-0.1, -0.05) is 66.7 Å². The fraction of sp³-hybridized carbons (Fsp3) is 0.328. The van der Waals surface area contributed by atoms with Crippen molar-refractivity contribution >= 4 is 112 Å². The van der Waals surface area contributed by atoms with Gasteiger partial charge in [0.05, 0.1) is 22.9 Å². The second-order valence-corrected chi connectivity index (χ2v) is 24.6. The quantitative estimate of drug-likeness (QED) is 0.0109. The van der Waals surface area contributed by atoms with Crippen LogP contribution in [-0.2, 0) is 75.1 Å². The minimum Gasteiger partial charge on any atom is -0.505 e. The number of carbonyl (C=O) groups excluding carboxylic acids is 9. The van der Waals surface area contributed by atoms with Crippen molar-refractivity contribution in [1.29, 1.82) is 0 Å². The van der Waals surface area contributed by atoms with Gasteiger partial charge in [-0.25, -0.2) is 32.9 Å². The second kappa shape index (κ2) is 37.1. The van der Waals surface area contributed by atoms with Crippen LogP contribution in [0.3, 0.4) is 0 Å². The van der Waals surface area contributed by atoms with Gasteiger partial charge < -0.3 is 93.2 Å². The van der Waals surface area contributed by atoms with Crippen LogP contribution >= 0.6 is 11.8 Å². The van der Waals surface area contributed by atoms with E-state index in [2.05, 4.69) is 42.5 Å². The molecule has 0 spiro atoms. The Morgan fingerprint density at radius 3 is 1.87 bits per heavy atom. The van der Waals surface area contributed by atoms with E-state index in [4.69, 9.17) is 25.1 Å². The normalized spacial score (nSPS) is 14.7. The summed E-state index contributed by atoms with van der Waals surface area (Å²) < 4.78 is 40.2. The zero-order valence-electron chi connectivity index (χ0n) is 54.6. The van der Waals surface area contributed by atoms with E-state index in [-0.39, 0.29) is 77.8 Å². The van der Waals surface area contributed by atoms with Crippen LogP contribution in [0.1, 0.15) is 72.9 Å². The average molecular weight is 1470 g/mol. The van der Waals surface area contributed by atoms with E-state index in [1.54, 1.807) is 60.7 Å². The van der Waals surface area contributed by atoms with E-state index in [0.717, 1.165) is 42.5 Å². The van der Waals surface area contributed by atoms with Crippen LogP contribution in [0.2, 0.25) is 0 Å². The van der Waals surface area contributed by atoms with Gasteiger partial charge in [0.25, 0.3) is 0 Å². The number of aliphatic carboxylic acids is 4. The minimum atomic E-state index is -2.04. The fourth-order valence-corrected chi connectivity index (χ4v) is 11.8. The first-order valence-electron chi connectivity index (χ1n) is 31.6. The lowest BCUT2D eigenvalue weighted by atomic mass is 9.90. The van der Waals surface area contributed by atoms with Gasteiger partial charge in [-0.3, -0.25) is 52.7 Å². The van der Waals surface area contributed by atoms with Crippen molar-refractivity contribution in [2.75, 3.05) is 30.5 Å². The van der Waals surface area contributed by atoms with Crippen LogP contribution < -0.4 is 58.6 Å². The number of amides is 10. The minimum absolute atomic E-state index is 0.00389. The van der Waals surface area contributed by atoms with E-state index in [0.29, 0.717) is 27.8 Å². The van der Waals surface area contributed by atoms with Gasteiger partial charge in [0.15, 0.2) is 17.4 Å². The summed E-state index contributed by atoms with van der Waals surface area (Å²) in [7, 11) is 0. The van der Waals surface area contributed by atoms with Gasteiger partial charge in [0.1, 0.15) is 60.6 Å². The maximum Gasteiger partial charge on any atom is 0.336 e. The molecule has 0 radical (unpaired) electrons. The molecule has 37 heteroatoms. The third kappa shape index (κ3) is 22.3. The van der Waals surface area contributed by atoms with Crippen LogP contribution in [0.4, 0.5) is 19.3 Å². The molecule has 17 N–H and O–H groups in total. The number of aliphatic hydroxyl groups excluding tert-OH is 1. The number of nitrogens with zero attached hydrogens (tertiary/aromatic N) is 1. The number of hydrogen-bond donors (Lipinski definition) is 16. The Balaban J connectivity index is 0.944. The van der Waals surface area contributed by atoms with Crippen LogP contribution in [0.15, 0.2) is 112 Å². The van der Waals surface area contributed by atoms with Gasteiger partial charge >= 0.3 is 35.9 Å². The Labute approximate surface area is 590 Å². The number of aromatic hydroxyl groups is 1. The summed E-state index contributed by atoms with van der Waals surface area (Å²) in [5.74, 6) is -19.7. The smallest absolute Gasteiger partial charge is 0.336 e. The van der Waals surface area contributed by atoms with Crippen molar-refractivity contribution < 1.29 is 121 Å². The predicted octanol–water partition coefficient (Wildman–Crippen LogP) is 0.626. The SMILES string of the molecule is N[C@@H](CNC(=O)[C@H](Cc1ccccc1)NC(=O)[C@H](Cc1ccccc1)NC(=O)CCCNC(=O)CC[C@H](NC(=O)N[C@@H](CCC(=O)O)OCO)C(=O)O)C(=O)N[C@@H](CC(=O)O)C(=O)N[C@@H](CSC1CC(=O)N(c2ccc(-c3c4cc(F)c(=O)cc-4oc4cc(O)c(F)cc34)c(C(=O)O)c2)C1=O)C(=O)O. The molecule has 10 amide bonds. The number of aromatic carboxylic acids is 1. The Kier molecular flexibility index (Phi) is 28.3. The lowest BCUT2D eigenvalue weighted by molar-refractivity contribution is -0.143. The number of thioether (sulfide) groups is 1. The van der Waals surface area contributed by atoms with Gasteiger partial charge in [-0.05, 0) is 53.8 Å². The maximum absolute atomic E-state index is 14.9. The predicted molar refractivity (Wildman–Crippen MR) is 359 cm³/mol. The Bertz CT molecular complexity index is 4290. The van der Waals surface area contributed by atoms with Crippen molar-refractivity contribution in [1.82, 2.24) is 42.5 Å². The number of fused-ring (bicyclic) bond motifs is 2. The molecular weight excluding hydrogens is 1400 g/mol. The zero-order chi connectivity index (χ0) is 76.1. The Morgan fingerprint density at radius 1 is 0.625 bits per heavy atom. The number of ether oxygens (including phenoxy) is 1. The number of halogens is 2. The van der Waals surface area contributed by atoms with E-state index in [1.807, 2.05) is 0 Å². The highest BCUT2D eigenvalue weighted by atomic mass is 32.2. The maximum atomic E-state index is 14.9. The number of urea groups is 1. The molecular formula is C67H70F2N10O24S. The van der Waals surface area contributed by atoms with Gasteiger partial charge in [0, 0.05) is 92.4 Å². The van der Waals surface area contributed by atoms with Crippen molar-refractivity contribution in [3.8, 4) is 28.2 Å². The largest absolute Gasteiger partial charge is 0.505 e. The molecule has 2 heterocycles. The van der Waals surface area contributed by atoms with Crippen LogP contribution in [0, 0.1) is 11.6 Å². The first kappa shape index (κ1) is 79.4. The van der Waals surface area contributed by atoms with Crippen LogP contribution in [0.5, 0.6) is 5.75 Å². The van der Waals surface area contributed by atoms with Crippen LogP contribution in [0.25, 0.3) is 33.4 Å². The molecule has 0 bridgehead atoms. The number of carboxylic acids is 5. The van der Waals surface area contributed by atoms with E-state index in [9.17, 15) is 106 Å². The number of imide groups is 1.